The third kappa shape index (κ3) is 3.64. The molecule has 24 heavy (non-hydrogen) atoms. The van der Waals surface area contributed by atoms with Crippen molar-refractivity contribution >= 4 is 12.4 Å². The molecule has 0 fully saturated rings. The first-order valence-corrected chi connectivity index (χ1v) is 8.06. The molecule has 0 radical (unpaired) electrons. The number of amides is 1. The zero-order chi connectivity index (χ0) is 17.1. The number of carbonyl (C=O) groups is 2. The second-order valence-corrected chi connectivity index (χ2v) is 6.23. The van der Waals surface area contributed by atoms with E-state index in [0.717, 1.165) is 35.1 Å². The lowest BCUT2D eigenvalue weighted by Gasteiger charge is -2.19. The smallest absolute Gasteiger partial charge is 0.410 e. The van der Waals surface area contributed by atoms with Crippen LogP contribution in [0.25, 0.3) is 0 Å². The highest BCUT2D eigenvalue weighted by molar-refractivity contribution is 5.72. The van der Waals surface area contributed by atoms with E-state index in [1.165, 1.54) is 0 Å². The number of fused-ring (bicyclic) bond motifs is 1. The number of ether oxygens (including phenoxy) is 1. The van der Waals surface area contributed by atoms with Crippen molar-refractivity contribution in [2.45, 2.75) is 40.0 Å². The molecule has 6 nitrogen and oxygen atoms in total. The van der Waals surface area contributed by atoms with Gasteiger partial charge in [-0.05, 0) is 31.9 Å². The Hall–Kier alpha value is -2.63. The van der Waals surface area contributed by atoms with E-state index in [-0.39, 0.29) is 12.7 Å². The molecule has 0 N–H and O–H groups in total. The normalized spacial score (nSPS) is 14.0. The maximum Gasteiger partial charge on any atom is 0.410 e. The lowest BCUT2D eigenvalue weighted by Crippen LogP contribution is -2.31. The number of carbonyl (C=O) groups excluding carboxylic acids is 2. The van der Waals surface area contributed by atoms with Crippen LogP contribution in [0, 0.1) is 13.8 Å². The highest BCUT2D eigenvalue weighted by atomic mass is 16.6. The zero-order valence-electron chi connectivity index (χ0n) is 14.0. The van der Waals surface area contributed by atoms with Crippen molar-refractivity contribution in [3.63, 3.8) is 0 Å². The molecular weight excluding hydrogens is 306 g/mol. The molecule has 0 aliphatic carbocycles. The molecule has 1 amide bonds. The van der Waals surface area contributed by atoms with Crippen LogP contribution in [0.1, 0.15) is 39.3 Å². The Morgan fingerprint density at radius 3 is 2.67 bits per heavy atom. The quantitative estimate of drug-likeness (QED) is 0.813. The van der Waals surface area contributed by atoms with Crippen molar-refractivity contribution in [2.75, 3.05) is 6.54 Å². The highest BCUT2D eigenvalue weighted by Crippen LogP contribution is 2.15. The van der Waals surface area contributed by atoms with E-state index in [9.17, 15) is 9.59 Å². The van der Waals surface area contributed by atoms with Crippen LogP contribution in [0.3, 0.4) is 0 Å². The van der Waals surface area contributed by atoms with Crippen molar-refractivity contribution in [3.05, 3.63) is 52.3 Å². The second-order valence-electron chi connectivity index (χ2n) is 6.23. The van der Waals surface area contributed by atoms with Crippen LogP contribution in [0.2, 0.25) is 0 Å². The number of rotatable bonds is 3. The molecule has 1 aliphatic rings. The Balaban J connectivity index is 1.65. The first-order chi connectivity index (χ1) is 11.5. The average molecular weight is 327 g/mol. The van der Waals surface area contributed by atoms with E-state index in [1.807, 2.05) is 26.0 Å². The Labute approximate surface area is 141 Å². The second kappa shape index (κ2) is 6.86. The fourth-order valence-corrected chi connectivity index (χ4v) is 3.09. The Morgan fingerprint density at radius 1 is 1.21 bits per heavy atom. The largest absolute Gasteiger partial charge is 0.445 e. The van der Waals surface area contributed by atoms with Crippen LogP contribution in [0.15, 0.2) is 24.3 Å². The molecular formula is C18H21N3O3. The van der Waals surface area contributed by atoms with Gasteiger partial charge in [-0.15, -0.1) is 0 Å². The molecule has 0 unspecified atom stereocenters. The number of nitrogens with zero attached hydrogens (tertiary/aromatic N) is 3. The van der Waals surface area contributed by atoms with E-state index in [0.29, 0.717) is 25.3 Å². The van der Waals surface area contributed by atoms with Gasteiger partial charge in [0.15, 0.2) is 6.29 Å². The van der Waals surface area contributed by atoms with Gasteiger partial charge < -0.3 is 9.64 Å². The fraction of sp³-hybridized carbons (Fsp3) is 0.389. The molecule has 126 valence electrons. The summed E-state index contributed by atoms with van der Waals surface area (Å²) in [7, 11) is 0. The number of aromatic nitrogens is 2. The van der Waals surface area contributed by atoms with Crippen molar-refractivity contribution in [1.82, 2.24) is 14.7 Å². The van der Waals surface area contributed by atoms with Gasteiger partial charge in [-0.1, -0.05) is 29.3 Å². The molecule has 0 spiro atoms. The van der Waals surface area contributed by atoms with Gasteiger partial charge in [-0.25, -0.2) is 4.79 Å². The van der Waals surface area contributed by atoms with Crippen LogP contribution in [-0.4, -0.2) is 33.6 Å². The number of aldehydes is 1. The minimum atomic E-state index is -0.337. The van der Waals surface area contributed by atoms with Gasteiger partial charge in [0.1, 0.15) is 12.3 Å². The summed E-state index contributed by atoms with van der Waals surface area (Å²) in [6.45, 7) is 6.04. The van der Waals surface area contributed by atoms with Gasteiger partial charge in [-0.3, -0.25) is 9.48 Å². The Morgan fingerprint density at radius 2 is 1.96 bits per heavy atom. The van der Waals surface area contributed by atoms with Gasteiger partial charge in [0.25, 0.3) is 0 Å². The summed E-state index contributed by atoms with van der Waals surface area (Å²) >= 11 is 0. The summed E-state index contributed by atoms with van der Waals surface area (Å²) < 4.78 is 7.26. The summed E-state index contributed by atoms with van der Waals surface area (Å²) in [6, 6.07) is 7.86. The van der Waals surface area contributed by atoms with Crippen molar-refractivity contribution in [3.8, 4) is 0 Å². The highest BCUT2D eigenvalue weighted by Gasteiger charge is 2.21. The Kier molecular flexibility index (Phi) is 4.64. The molecule has 0 saturated heterocycles. The van der Waals surface area contributed by atoms with Crippen LogP contribution in [0.5, 0.6) is 0 Å². The van der Waals surface area contributed by atoms with Gasteiger partial charge in [-0.2, -0.15) is 5.10 Å². The SMILES string of the molecule is Cc1cc(C)cc(COC(=O)N2CCCn3nc(C=O)cc3C2)c1. The first kappa shape index (κ1) is 16.2. The van der Waals surface area contributed by atoms with Crippen LogP contribution < -0.4 is 0 Å². The van der Waals surface area contributed by atoms with Gasteiger partial charge in [0.05, 0.1) is 12.2 Å². The summed E-state index contributed by atoms with van der Waals surface area (Å²) in [4.78, 5) is 24.9. The summed E-state index contributed by atoms with van der Waals surface area (Å²) in [5, 5.41) is 4.21. The molecule has 0 bridgehead atoms. The number of aryl methyl sites for hydroxylation is 3. The van der Waals surface area contributed by atoms with Crippen LogP contribution in [-0.2, 0) is 24.4 Å². The molecule has 0 saturated carbocycles. The number of hydrogen-bond acceptors (Lipinski definition) is 4. The van der Waals surface area contributed by atoms with Crippen molar-refractivity contribution in [1.29, 1.82) is 0 Å². The standard InChI is InChI=1S/C18H21N3O3/c1-13-6-14(2)8-15(7-13)12-24-18(23)20-4-3-5-21-17(10-20)9-16(11-22)19-21/h6-9,11H,3-5,10,12H2,1-2H3. The summed E-state index contributed by atoms with van der Waals surface area (Å²) in [6.07, 6.45) is 1.17. The Bertz CT molecular complexity index is 747. The third-order valence-corrected chi connectivity index (χ3v) is 4.06. The maximum atomic E-state index is 12.4. The fourth-order valence-electron chi connectivity index (χ4n) is 3.09. The maximum absolute atomic E-state index is 12.4. The molecule has 2 heterocycles. The van der Waals surface area contributed by atoms with E-state index < -0.39 is 0 Å². The lowest BCUT2D eigenvalue weighted by molar-refractivity contribution is 0.0941. The van der Waals surface area contributed by atoms with Gasteiger partial charge >= 0.3 is 6.09 Å². The van der Waals surface area contributed by atoms with Gasteiger partial charge in [0, 0.05) is 13.1 Å². The number of benzene rings is 1. The molecule has 1 aromatic heterocycles. The van der Waals surface area contributed by atoms with Crippen molar-refractivity contribution in [2.24, 2.45) is 0 Å². The van der Waals surface area contributed by atoms with Gasteiger partial charge in [0.2, 0.25) is 0 Å². The molecule has 0 atom stereocenters. The zero-order valence-corrected chi connectivity index (χ0v) is 14.0. The van der Waals surface area contributed by atoms with E-state index >= 15 is 0 Å². The number of hydrogen-bond donors (Lipinski definition) is 0. The topological polar surface area (TPSA) is 64.4 Å². The minimum Gasteiger partial charge on any atom is -0.445 e. The minimum absolute atomic E-state index is 0.261. The van der Waals surface area contributed by atoms with E-state index in [1.54, 1.807) is 15.6 Å². The molecule has 6 heteroatoms. The molecule has 1 aliphatic heterocycles. The summed E-state index contributed by atoms with van der Waals surface area (Å²) in [5.74, 6) is 0. The molecule has 2 aromatic rings. The van der Waals surface area contributed by atoms with E-state index in [2.05, 4.69) is 11.2 Å². The van der Waals surface area contributed by atoms with Crippen LogP contribution >= 0.6 is 0 Å². The first-order valence-electron chi connectivity index (χ1n) is 8.06. The molecule has 1 aromatic carbocycles. The molecule has 3 rings (SSSR count). The summed E-state index contributed by atoms with van der Waals surface area (Å²) in [5.41, 5.74) is 4.56. The van der Waals surface area contributed by atoms with Crippen molar-refractivity contribution < 1.29 is 14.3 Å². The predicted molar refractivity (Wildman–Crippen MR) is 88.7 cm³/mol. The average Bonchev–Trinajstić information content (AvgIpc) is 2.82. The lowest BCUT2D eigenvalue weighted by atomic mass is 10.1. The van der Waals surface area contributed by atoms with E-state index in [4.69, 9.17) is 4.74 Å². The third-order valence-electron chi connectivity index (χ3n) is 4.06. The monoisotopic (exact) mass is 327 g/mol. The van der Waals surface area contributed by atoms with Crippen LogP contribution in [0.4, 0.5) is 4.79 Å². The predicted octanol–water partition coefficient (Wildman–Crippen LogP) is 2.85.